The summed E-state index contributed by atoms with van der Waals surface area (Å²) in [4.78, 5) is 13.2. The number of carbonyl (C=O) groups excluding carboxylic acids is 1. The standard InChI is InChI=1S/C27H44O7/c1-23(2,32)9-8-22(31)26(5,33)21-7-11-27(34)16-12-18(28)17-13-19(29)20(30)14-24(17,3)15(16)6-10-25(21,27)4/h12,15,17,19-22,29-34H,6-11,13-14H2,1-5H3/t15-,17+,19-,20+,21-,22+,24+,25+,26+,27-/m0/s1. The van der Waals surface area contributed by atoms with Crippen LogP contribution in [0.1, 0.15) is 86.0 Å². The Balaban J connectivity index is 1.66. The summed E-state index contributed by atoms with van der Waals surface area (Å²) < 4.78 is 0. The Labute approximate surface area is 202 Å². The van der Waals surface area contributed by atoms with E-state index < -0.39 is 45.9 Å². The number of hydrogen-bond acceptors (Lipinski definition) is 7. The molecule has 0 unspecified atom stereocenters. The highest BCUT2D eigenvalue weighted by Crippen LogP contribution is 2.68. The second-order valence-electron chi connectivity index (χ2n) is 13.2. The van der Waals surface area contributed by atoms with Crippen LogP contribution >= 0.6 is 0 Å². The van der Waals surface area contributed by atoms with E-state index in [4.69, 9.17) is 0 Å². The molecule has 0 aliphatic heterocycles. The molecule has 0 bridgehead atoms. The Hall–Kier alpha value is -0.830. The van der Waals surface area contributed by atoms with Gasteiger partial charge in [0.05, 0.1) is 35.1 Å². The minimum atomic E-state index is -1.46. The molecule has 0 spiro atoms. The Morgan fingerprint density at radius 1 is 1.06 bits per heavy atom. The van der Waals surface area contributed by atoms with Gasteiger partial charge < -0.3 is 30.6 Å². The van der Waals surface area contributed by atoms with Crippen LogP contribution in [0.5, 0.6) is 0 Å². The van der Waals surface area contributed by atoms with Crippen LogP contribution < -0.4 is 0 Å². The van der Waals surface area contributed by atoms with Gasteiger partial charge in [0.15, 0.2) is 5.78 Å². The summed E-state index contributed by atoms with van der Waals surface area (Å²) in [5.74, 6) is -0.948. The minimum absolute atomic E-state index is 0.0840. The molecule has 7 heteroatoms. The Morgan fingerprint density at radius 2 is 1.71 bits per heavy atom. The average molecular weight is 481 g/mol. The Kier molecular flexibility index (Phi) is 6.24. The van der Waals surface area contributed by atoms with Crippen molar-refractivity contribution in [2.75, 3.05) is 0 Å². The number of rotatable bonds is 5. The number of hydrogen-bond donors (Lipinski definition) is 6. The van der Waals surface area contributed by atoms with Gasteiger partial charge in [-0.05, 0) is 101 Å². The first-order chi connectivity index (χ1) is 15.5. The average Bonchev–Trinajstić information content (AvgIpc) is 3.00. The van der Waals surface area contributed by atoms with Gasteiger partial charge in [-0.15, -0.1) is 0 Å². The van der Waals surface area contributed by atoms with E-state index >= 15 is 0 Å². The summed E-state index contributed by atoms with van der Waals surface area (Å²) in [5, 5.41) is 65.5. The lowest BCUT2D eigenvalue weighted by Crippen LogP contribution is -2.62. The minimum Gasteiger partial charge on any atom is -0.390 e. The van der Waals surface area contributed by atoms with Crippen LogP contribution in [0.3, 0.4) is 0 Å². The lowest BCUT2D eigenvalue weighted by molar-refractivity contribution is -0.177. The van der Waals surface area contributed by atoms with Crippen molar-refractivity contribution >= 4 is 5.78 Å². The van der Waals surface area contributed by atoms with Gasteiger partial charge in [-0.25, -0.2) is 0 Å². The second-order valence-corrected chi connectivity index (χ2v) is 13.2. The molecule has 4 aliphatic carbocycles. The summed E-state index contributed by atoms with van der Waals surface area (Å²) in [7, 11) is 0. The van der Waals surface area contributed by atoms with E-state index in [0.29, 0.717) is 44.1 Å². The number of aliphatic hydroxyl groups excluding tert-OH is 3. The first-order valence-corrected chi connectivity index (χ1v) is 12.9. The van der Waals surface area contributed by atoms with Crippen molar-refractivity contribution in [2.45, 2.75) is 121 Å². The third-order valence-corrected chi connectivity index (χ3v) is 10.5. The van der Waals surface area contributed by atoms with Crippen LogP contribution in [-0.4, -0.2) is 71.5 Å². The van der Waals surface area contributed by atoms with Crippen LogP contribution in [0.4, 0.5) is 0 Å². The molecule has 34 heavy (non-hydrogen) atoms. The topological polar surface area (TPSA) is 138 Å². The second kappa shape index (κ2) is 8.09. The van der Waals surface area contributed by atoms with E-state index in [9.17, 15) is 35.4 Å². The fraction of sp³-hybridized carbons (Fsp3) is 0.889. The molecule has 0 radical (unpaired) electrons. The maximum atomic E-state index is 13.2. The van der Waals surface area contributed by atoms with Crippen LogP contribution in [-0.2, 0) is 4.79 Å². The van der Waals surface area contributed by atoms with E-state index in [2.05, 4.69) is 0 Å². The predicted octanol–water partition coefficient (Wildman–Crippen LogP) is 1.85. The molecule has 0 aromatic carbocycles. The molecule has 194 valence electrons. The van der Waals surface area contributed by atoms with Gasteiger partial charge in [0.1, 0.15) is 0 Å². The van der Waals surface area contributed by atoms with Crippen molar-refractivity contribution in [3.8, 4) is 0 Å². The lowest BCUT2D eigenvalue weighted by Gasteiger charge is -2.60. The highest BCUT2D eigenvalue weighted by molar-refractivity contribution is 5.95. The quantitative estimate of drug-likeness (QED) is 0.353. The largest absolute Gasteiger partial charge is 0.390 e. The van der Waals surface area contributed by atoms with E-state index in [1.165, 1.54) is 0 Å². The van der Waals surface area contributed by atoms with Crippen LogP contribution in [0, 0.1) is 28.6 Å². The molecule has 0 saturated heterocycles. The van der Waals surface area contributed by atoms with Crippen LogP contribution in [0.25, 0.3) is 0 Å². The van der Waals surface area contributed by atoms with E-state index in [1.54, 1.807) is 26.8 Å². The van der Waals surface area contributed by atoms with E-state index in [0.717, 1.165) is 0 Å². The third-order valence-electron chi connectivity index (χ3n) is 10.5. The molecule has 6 N–H and O–H groups in total. The van der Waals surface area contributed by atoms with Gasteiger partial charge in [0, 0.05) is 11.3 Å². The third kappa shape index (κ3) is 3.73. The molecule has 0 aromatic rings. The fourth-order valence-corrected chi connectivity index (χ4v) is 8.32. The molecule has 0 heterocycles. The van der Waals surface area contributed by atoms with Crippen molar-refractivity contribution in [1.82, 2.24) is 0 Å². The molecule has 0 aromatic heterocycles. The van der Waals surface area contributed by atoms with Crippen molar-refractivity contribution in [3.63, 3.8) is 0 Å². The molecule has 3 saturated carbocycles. The zero-order valence-corrected chi connectivity index (χ0v) is 21.3. The normalized spacial score (nSPS) is 47.2. The smallest absolute Gasteiger partial charge is 0.159 e. The molecule has 4 aliphatic rings. The number of aliphatic hydroxyl groups is 6. The number of fused-ring (bicyclic) bond motifs is 5. The maximum absolute atomic E-state index is 13.2. The van der Waals surface area contributed by atoms with Crippen molar-refractivity contribution < 1.29 is 35.4 Å². The molecule has 10 atom stereocenters. The van der Waals surface area contributed by atoms with Crippen molar-refractivity contribution in [3.05, 3.63) is 11.6 Å². The van der Waals surface area contributed by atoms with Gasteiger partial charge in [-0.2, -0.15) is 0 Å². The SMILES string of the molecule is CC(C)(O)CC[C@@H](O)[C@](C)(O)[C@H]1CC[C@]2(O)C3=CC(=O)[C@H]4C[C@H](O)[C@H](O)C[C@]4(C)[C@H]3CC[C@]12C. The number of allylic oxidation sites excluding steroid dienone is 1. The first-order valence-electron chi connectivity index (χ1n) is 12.9. The summed E-state index contributed by atoms with van der Waals surface area (Å²) in [6.45, 7) is 8.96. The van der Waals surface area contributed by atoms with Crippen molar-refractivity contribution in [1.29, 1.82) is 0 Å². The van der Waals surface area contributed by atoms with Gasteiger partial charge in [-0.1, -0.05) is 13.8 Å². The van der Waals surface area contributed by atoms with Gasteiger partial charge in [-0.3, -0.25) is 4.79 Å². The molecule has 7 nitrogen and oxygen atoms in total. The number of ketones is 1. The van der Waals surface area contributed by atoms with Crippen LogP contribution in [0.2, 0.25) is 0 Å². The molecular weight excluding hydrogens is 436 g/mol. The Morgan fingerprint density at radius 3 is 2.32 bits per heavy atom. The predicted molar refractivity (Wildman–Crippen MR) is 127 cm³/mol. The maximum Gasteiger partial charge on any atom is 0.159 e. The highest BCUT2D eigenvalue weighted by Gasteiger charge is 2.69. The highest BCUT2D eigenvalue weighted by atomic mass is 16.3. The van der Waals surface area contributed by atoms with Crippen LogP contribution in [0.15, 0.2) is 11.6 Å². The fourth-order valence-electron chi connectivity index (χ4n) is 8.32. The summed E-state index contributed by atoms with van der Waals surface area (Å²) >= 11 is 0. The molecule has 3 fully saturated rings. The monoisotopic (exact) mass is 480 g/mol. The lowest BCUT2D eigenvalue weighted by atomic mass is 9.45. The summed E-state index contributed by atoms with van der Waals surface area (Å²) in [6.07, 6.45) is 2.11. The van der Waals surface area contributed by atoms with Gasteiger partial charge >= 0.3 is 0 Å². The molecule has 4 rings (SSSR count). The Bertz CT molecular complexity index is 860. The van der Waals surface area contributed by atoms with Gasteiger partial charge in [0.2, 0.25) is 0 Å². The summed E-state index contributed by atoms with van der Waals surface area (Å²) in [6, 6.07) is 0. The summed E-state index contributed by atoms with van der Waals surface area (Å²) in [5.41, 5.74) is -4.27. The first kappa shape index (κ1) is 26.2. The number of carbonyl (C=O) groups is 1. The van der Waals surface area contributed by atoms with Crippen molar-refractivity contribution in [2.24, 2.45) is 28.6 Å². The van der Waals surface area contributed by atoms with Gasteiger partial charge in [0.25, 0.3) is 0 Å². The molecule has 0 amide bonds. The molecular formula is C27H44O7. The van der Waals surface area contributed by atoms with E-state index in [1.807, 2.05) is 13.8 Å². The zero-order chi connectivity index (χ0) is 25.5. The zero-order valence-electron chi connectivity index (χ0n) is 21.3. The van der Waals surface area contributed by atoms with E-state index in [-0.39, 0.29) is 36.4 Å².